The predicted octanol–water partition coefficient (Wildman–Crippen LogP) is 1.97. The number of aliphatic carboxylic acids is 1. The van der Waals surface area contributed by atoms with E-state index in [2.05, 4.69) is 0 Å². The quantitative estimate of drug-likeness (QED) is 0.822. The number of carbonyl (C=O) groups is 2. The average Bonchev–Trinajstić information content (AvgIpc) is 2.26. The van der Waals surface area contributed by atoms with Crippen molar-refractivity contribution in [1.29, 1.82) is 0 Å². The smallest absolute Gasteiger partial charge is 0.331 e. The maximum Gasteiger partial charge on any atom is 0.331 e. The highest BCUT2D eigenvalue weighted by Crippen LogP contribution is 2.26. The van der Waals surface area contributed by atoms with Crippen molar-refractivity contribution in [3.8, 4) is 0 Å². The fourth-order valence-electron chi connectivity index (χ4n) is 1.75. The molecule has 5 nitrogen and oxygen atoms in total. The Morgan fingerprint density at radius 3 is 2.10 bits per heavy atom. The van der Waals surface area contributed by atoms with E-state index in [0.717, 1.165) is 5.56 Å². The van der Waals surface area contributed by atoms with E-state index in [1.807, 2.05) is 6.92 Å². The molecule has 0 bridgehead atoms. The van der Waals surface area contributed by atoms with E-state index in [-0.39, 0.29) is 0 Å². The molecule has 1 rings (SSSR count). The highest BCUT2D eigenvalue weighted by atomic mass is 16.6. The van der Waals surface area contributed by atoms with Crippen LogP contribution in [0.15, 0.2) is 24.3 Å². The van der Waals surface area contributed by atoms with Gasteiger partial charge in [-0.05, 0) is 33.3 Å². The van der Waals surface area contributed by atoms with E-state index >= 15 is 0 Å². The molecule has 5 heteroatoms. The number of benzene rings is 1. The van der Waals surface area contributed by atoms with Crippen LogP contribution in [0.4, 0.5) is 0 Å². The van der Waals surface area contributed by atoms with Crippen molar-refractivity contribution in [2.45, 2.75) is 45.3 Å². The van der Waals surface area contributed by atoms with Crippen LogP contribution in [0.5, 0.6) is 0 Å². The Morgan fingerprint density at radius 2 is 1.70 bits per heavy atom. The fraction of sp³-hybridized carbons (Fsp3) is 0.467. The first-order valence-corrected chi connectivity index (χ1v) is 6.36. The molecule has 20 heavy (non-hydrogen) atoms. The molecule has 0 aliphatic carbocycles. The van der Waals surface area contributed by atoms with Crippen LogP contribution < -0.4 is 5.73 Å². The van der Waals surface area contributed by atoms with Gasteiger partial charge in [0.2, 0.25) is 0 Å². The number of ether oxygens (including phenoxy) is 1. The first-order valence-electron chi connectivity index (χ1n) is 6.36. The molecular weight excluding hydrogens is 258 g/mol. The molecule has 0 spiro atoms. The summed E-state index contributed by atoms with van der Waals surface area (Å²) in [6.07, 6.45) is -0.523. The summed E-state index contributed by atoms with van der Waals surface area (Å²) in [5.74, 6) is -1.89. The molecule has 0 amide bonds. The monoisotopic (exact) mass is 279 g/mol. The third kappa shape index (κ3) is 4.06. The molecule has 0 aromatic heterocycles. The van der Waals surface area contributed by atoms with Gasteiger partial charge in [-0.1, -0.05) is 29.8 Å². The van der Waals surface area contributed by atoms with Crippen LogP contribution in [-0.2, 0) is 19.9 Å². The standard InChI is InChI=1S/C15H21NO4/c1-10-5-7-11(8-6-10)15(16,9-12(17)18)13(19)20-14(2,3)4/h5-8H,9,16H2,1-4H3,(H,17,18)/t15-/m1/s1. The van der Waals surface area contributed by atoms with E-state index in [1.165, 1.54) is 0 Å². The van der Waals surface area contributed by atoms with E-state index in [0.29, 0.717) is 5.56 Å². The Morgan fingerprint density at radius 1 is 1.20 bits per heavy atom. The molecule has 0 aliphatic heterocycles. The number of rotatable bonds is 4. The minimum Gasteiger partial charge on any atom is -0.481 e. The zero-order valence-corrected chi connectivity index (χ0v) is 12.3. The van der Waals surface area contributed by atoms with Crippen molar-refractivity contribution < 1.29 is 19.4 Å². The van der Waals surface area contributed by atoms with Gasteiger partial charge in [-0.2, -0.15) is 0 Å². The summed E-state index contributed by atoms with van der Waals surface area (Å²) < 4.78 is 5.26. The molecule has 0 fully saturated rings. The van der Waals surface area contributed by atoms with Crippen molar-refractivity contribution in [3.63, 3.8) is 0 Å². The van der Waals surface area contributed by atoms with Gasteiger partial charge in [0.05, 0.1) is 6.42 Å². The average molecular weight is 279 g/mol. The highest BCUT2D eigenvalue weighted by molar-refractivity contribution is 5.87. The molecule has 0 saturated carbocycles. The fourth-order valence-corrected chi connectivity index (χ4v) is 1.75. The number of hydrogen-bond donors (Lipinski definition) is 2. The second-order valence-electron chi connectivity index (χ2n) is 5.91. The number of carboxylic acid groups (broad SMARTS) is 1. The molecule has 1 atom stereocenters. The number of carbonyl (C=O) groups excluding carboxylic acids is 1. The molecule has 1 aromatic carbocycles. The van der Waals surface area contributed by atoms with E-state index < -0.39 is 29.5 Å². The van der Waals surface area contributed by atoms with Gasteiger partial charge < -0.3 is 15.6 Å². The molecule has 0 aliphatic rings. The van der Waals surface area contributed by atoms with Crippen LogP contribution in [0.25, 0.3) is 0 Å². The van der Waals surface area contributed by atoms with Gasteiger partial charge in [-0.15, -0.1) is 0 Å². The molecule has 0 radical (unpaired) electrons. The molecule has 1 aromatic rings. The van der Waals surface area contributed by atoms with Gasteiger partial charge >= 0.3 is 11.9 Å². The van der Waals surface area contributed by atoms with E-state index in [9.17, 15) is 9.59 Å². The van der Waals surface area contributed by atoms with Gasteiger partial charge in [-0.25, -0.2) is 4.79 Å². The van der Waals surface area contributed by atoms with Gasteiger partial charge in [0.15, 0.2) is 5.54 Å². The zero-order chi connectivity index (χ0) is 15.6. The summed E-state index contributed by atoms with van der Waals surface area (Å²) >= 11 is 0. The lowest BCUT2D eigenvalue weighted by molar-refractivity contribution is -0.165. The van der Waals surface area contributed by atoms with Gasteiger partial charge in [-0.3, -0.25) is 4.79 Å². The maximum atomic E-state index is 12.3. The summed E-state index contributed by atoms with van der Waals surface area (Å²) in [7, 11) is 0. The molecule has 0 heterocycles. The summed E-state index contributed by atoms with van der Waals surface area (Å²) in [5.41, 5.74) is 5.07. The third-order valence-electron chi connectivity index (χ3n) is 2.76. The summed E-state index contributed by atoms with van der Waals surface area (Å²) in [4.78, 5) is 23.3. The summed E-state index contributed by atoms with van der Waals surface area (Å²) in [6, 6.07) is 6.87. The van der Waals surface area contributed by atoms with Crippen LogP contribution in [0.3, 0.4) is 0 Å². The summed E-state index contributed by atoms with van der Waals surface area (Å²) in [6.45, 7) is 7.02. The number of esters is 1. The molecule has 110 valence electrons. The highest BCUT2D eigenvalue weighted by Gasteiger charge is 2.41. The van der Waals surface area contributed by atoms with Gasteiger partial charge in [0.1, 0.15) is 5.60 Å². The number of hydrogen-bond acceptors (Lipinski definition) is 4. The third-order valence-corrected chi connectivity index (χ3v) is 2.76. The topological polar surface area (TPSA) is 89.6 Å². The van der Waals surface area contributed by atoms with Crippen molar-refractivity contribution in [3.05, 3.63) is 35.4 Å². The summed E-state index contributed by atoms with van der Waals surface area (Å²) in [5, 5.41) is 9.02. The van der Waals surface area contributed by atoms with Crippen LogP contribution in [0, 0.1) is 6.92 Å². The zero-order valence-electron chi connectivity index (χ0n) is 12.3. The first kappa shape index (κ1) is 16.2. The SMILES string of the molecule is Cc1ccc([C@](N)(CC(=O)O)C(=O)OC(C)(C)C)cc1. The second-order valence-corrected chi connectivity index (χ2v) is 5.91. The Balaban J connectivity index is 3.18. The van der Waals surface area contributed by atoms with Crippen LogP contribution >= 0.6 is 0 Å². The van der Waals surface area contributed by atoms with Crippen molar-refractivity contribution >= 4 is 11.9 Å². The molecule has 3 N–H and O–H groups in total. The lowest BCUT2D eigenvalue weighted by atomic mass is 9.87. The number of carboxylic acids is 1. The predicted molar refractivity (Wildman–Crippen MR) is 75.1 cm³/mol. The molecule has 0 saturated heterocycles. The van der Waals surface area contributed by atoms with Gasteiger partial charge in [0, 0.05) is 0 Å². The molecule has 0 unspecified atom stereocenters. The Hall–Kier alpha value is -1.88. The largest absolute Gasteiger partial charge is 0.481 e. The van der Waals surface area contributed by atoms with Gasteiger partial charge in [0.25, 0.3) is 0 Å². The van der Waals surface area contributed by atoms with E-state index in [1.54, 1.807) is 45.0 Å². The van der Waals surface area contributed by atoms with Crippen molar-refractivity contribution in [2.24, 2.45) is 5.73 Å². The van der Waals surface area contributed by atoms with Crippen LogP contribution in [-0.4, -0.2) is 22.6 Å². The Kier molecular flexibility index (Phi) is 4.55. The Bertz CT molecular complexity index is 502. The lowest BCUT2D eigenvalue weighted by Gasteiger charge is -2.30. The van der Waals surface area contributed by atoms with E-state index in [4.69, 9.17) is 15.6 Å². The number of nitrogens with two attached hydrogens (primary N) is 1. The second kappa shape index (κ2) is 5.63. The van der Waals surface area contributed by atoms with Crippen LogP contribution in [0.2, 0.25) is 0 Å². The Labute approximate surface area is 118 Å². The maximum absolute atomic E-state index is 12.3. The minimum atomic E-state index is -1.69. The van der Waals surface area contributed by atoms with Crippen LogP contribution in [0.1, 0.15) is 38.3 Å². The normalized spacial score (nSPS) is 14.4. The molecular formula is C15H21NO4. The lowest BCUT2D eigenvalue weighted by Crippen LogP contribution is -2.49. The number of aryl methyl sites for hydroxylation is 1. The first-order chi connectivity index (χ1) is 9.04. The van der Waals surface area contributed by atoms with Crippen molar-refractivity contribution in [1.82, 2.24) is 0 Å². The minimum absolute atomic E-state index is 0.430. The van der Waals surface area contributed by atoms with Crippen molar-refractivity contribution in [2.75, 3.05) is 0 Å².